The van der Waals surface area contributed by atoms with E-state index in [2.05, 4.69) is 82.9 Å². The number of hydrogen-bond donors (Lipinski definition) is 3. The smallest absolute Gasteiger partial charge is 0.261 e. The van der Waals surface area contributed by atoms with Gasteiger partial charge in [-0.25, -0.2) is 0 Å². The number of nitrogens with zero attached hydrogens (tertiary/aromatic N) is 5. The van der Waals surface area contributed by atoms with Gasteiger partial charge in [0.1, 0.15) is 18.9 Å². The first-order chi connectivity index (χ1) is 36.3. The number of aromatic nitrogens is 1. The maximum absolute atomic E-state index is 14.3. The number of nitrogens with one attached hydrogen (secondary N) is 1. The second-order valence-electron chi connectivity index (χ2n) is 23.9. The minimum Gasteiger partial charge on any atom is -0.493 e. The van der Waals surface area contributed by atoms with E-state index in [0.717, 1.165) is 34.6 Å². The molecular weight excluding hydrogens is 991 g/mol. The van der Waals surface area contributed by atoms with Crippen molar-refractivity contribution in [2.24, 2.45) is 10.7 Å². The molecule has 0 spiro atoms. The summed E-state index contributed by atoms with van der Waals surface area (Å²) in [4.78, 5) is 44.8. The molecule has 0 saturated heterocycles. The largest absolute Gasteiger partial charge is 0.493 e. The average Bonchev–Trinajstić information content (AvgIpc) is 3.95. The lowest BCUT2D eigenvalue weighted by Crippen LogP contribution is -2.57. The second-order valence-corrected chi connectivity index (χ2v) is 25.1. The summed E-state index contributed by atoms with van der Waals surface area (Å²) in [5.41, 5.74) is 12.8. The van der Waals surface area contributed by atoms with Crippen LogP contribution in [0.3, 0.4) is 0 Å². The van der Waals surface area contributed by atoms with E-state index in [9.17, 15) is 9.59 Å². The highest BCUT2D eigenvalue weighted by molar-refractivity contribution is 7.81. The third-order valence-corrected chi connectivity index (χ3v) is 15.0. The van der Waals surface area contributed by atoms with Crippen molar-refractivity contribution >= 4 is 59.1 Å². The van der Waals surface area contributed by atoms with Crippen LogP contribution in [-0.4, -0.2) is 96.2 Å². The number of nitrogens with two attached hydrogens (primary N) is 1. The fraction of sp³-hybridized carbons (Fsp3) is 0.475. The van der Waals surface area contributed by atoms with Crippen molar-refractivity contribution < 1.29 is 38.0 Å². The first kappa shape index (κ1) is 55.4. The van der Waals surface area contributed by atoms with E-state index < -0.39 is 16.8 Å². The summed E-state index contributed by atoms with van der Waals surface area (Å²) in [6.45, 7) is 22.6. The number of benzene rings is 4. The number of methoxy groups -OCH3 is 2. The number of fused-ring (bicyclic) bond motifs is 8. The van der Waals surface area contributed by atoms with E-state index in [1.54, 1.807) is 32.4 Å². The molecule has 16 heteroatoms. The lowest BCUT2D eigenvalue weighted by atomic mass is 9.87. The maximum atomic E-state index is 14.3. The molecule has 1 aromatic heterocycles. The van der Waals surface area contributed by atoms with Crippen molar-refractivity contribution in [1.29, 1.82) is 0 Å². The first-order valence-electron chi connectivity index (χ1n) is 26.7. The van der Waals surface area contributed by atoms with Crippen LogP contribution in [0.5, 0.6) is 23.0 Å². The Morgan fingerprint density at radius 3 is 1.83 bits per heavy atom. The third-order valence-electron chi connectivity index (χ3n) is 14.8. The monoisotopic (exact) mass is 1070 g/mol. The van der Waals surface area contributed by atoms with Crippen LogP contribution in [0.2, 0.25) is 0 Å². The zero-order valence-corrected chi connectivity index (χ0v) is 47.8. The maximum Gasteiger partial charge on any atom is 0.261 e. The van der Waals surface area contributed by atoms with Crippen LogP contribution < -0.4 is 44.7 Å². The Balaban J connectivity index is 1.06. The van der Waals surface area contributed by atoms with E-state index in [4.69, 9.17) is 56.8 Å². The highest BCUT2D eigenvalue weighted by Gasteiger charge is 2.41. The van der Waals surface area contributed by atoms with Gasteiger partial charge < -0.3 is 49.3 Å². The molecule has 0 fully saturated rings. The van der Waals surface area contributed by atoms with E-state index in [1.165, 1.54) is 0 Å². The molecule has 410 valence electrons. The number of carbonyl (C=O) groups excluding carboxylic acids is 2. The Hall–Kier alpha value is -6.33. The summed E-state index contributed by atoms with van der Waals surface area (Å²) < 4.78 is 37.7. The fourth-order valence-corrected chi connectivity index (χ4v) is 11.9. The molecule has 2 amide bonds. The molecule has 4 aromatic carbocycles. The van der Waals surface area contributed by atoms with Gasteiger partial charge in [-0.3, -0.25) is 24.5 Å². The Labute approximate surface area is 460 Å². The summed E-state index contributed by atoms with van der Waals surface area (Å²) >= 11 is 4.76. The fourth-order valence-electron chi connectivity index (χ4n) is 11.6. The molecule has 1 unspecified atom stereocenters. The van der Waals surface area contributed by atoms with Gasteiger partial charge >= 0.3 is 0 Å². The SMILES string of the molecule is COc1cc2c(cc1OCc1cc(N(C(C)(C)CCOC(C)(C)C)C(C)(C)CCOC(C)(N)CC(C)(C)S)cc(COc3cc4c(cc3OC)C(=O)N3c5ccccc5C[C@H]3CN4)n1)N=C[C@@H]1Cc3ccccc3N1C2=O. The number of carbonyl (C=O) groups is 2. The van der Waals surface area contributed by atoms with Crippen LogP contribution in [0.1, 0.15) is 132 Å². The molecule has 0 bridgehead atoms. The topological polar surface area (TPSA) is 163 Å². The highest BCUT2D eigenvalue weighted by atomic mass is 32.1. The standard InChI is InChI=1S/C61H77N7O8S/c1-57(2,3)75-23-21-58(4,5)68(59(6,7)22-24-76-61(10,62)37-60(8,9)77)42-27-40(35-73-53-31-47-45(29-51(53)71-11)55(69)66-43(33-63-47)25-38-17-13-15-19-49(38)66)65-41(28-42)36-74-54-32-48-46(30-52(54)72-12)56(70)67-44(34-64-48)26-39-18-14-16-20-50(39)67/h13-20,27-33,43-44,64,77H,21-26,34-37,62H2,1-12H3/t43-,44-,61?/m0/s1. The van der Waals surface area contributed by atoms with Gasteiger partial charge in [-0.1, -0.05) is 50.2 Å². The molecule has 5 aromatic rings. The quantitative estimate of drug-likeness (QED) is 0.0500. The van der Waals surface area contributed by atoms with Crippen LogP contribution in [0.15, 0.2) is 89.9 Å². The van der Waals surface area contributed by atoms with E-state index in [1.807, 2.05) is 79.3 Å². The number of aliphatic imine (C=N–C) groups is 1. The molecule has 4 aliphatic heterocycles. The van der Waals surface area contributed by atoms with Gasteiger partial charge in [-0.2, -0.15) is 12.6 Å². The van der Waals surface area contributed by atoms with Gasteiger partial charge in [0, 0.05) is 77.2 Å². The molecule has 0 aliphatic carbocycles. The summed E-state index contributed by atoms with van der Waals surface area (Å²) in [5.74, 6) is 1.43. The normalized spacial score (nSPS) is 17.7. The number of anilines is 4. The number of rotatable bonds is 20. The number of hydrogen-bond acceptors (Lipinski definition) is 14. The molecule has 77 heavy (non-hydrogen) atoms. The van der Waals surface area contributed by atoms with Gasteiger partial charge in [0.2, 0.25) is 0 Å². The Kier molecular flexibility index (Phi) is 15.5. The molecule has 3 atom stereocenters. The molecule has 4 aliphatic rings. The minimum absolute atomic E-state index is 0.0285. The van der Waals surface area contributed by atoms with Crippen molar-refractivity contribution in [2.75, 3.05) is 54.0 Å². The third kappa shape index (κ3) is 12.2. The van der Waals surface area contributed by atoms with Gasteiger partial charge in [0.15, 0.2) is 23.0 Å². The van der Waals surface area contributed by atoms with E-state index in [0.29, 0.717) is 102 Å². The van der Waals surface area contributed by atoms with Crippen LogP contribution in [0.25, 0.3) is 0 Å². The first-order valence-corrected chi connectivity index (χ1v) is 27.2. The summed E-state index contributed by atoms with van der Waals surface area (Å²) in [5, 5.41) is 3.55. The summed E-state index contributed by atoms with van der Waals surface area (Å²) in [7, 11) is 3.14. The van der Waals surface area contributed by atoms with Crippen molar-refractivity contribution in [3.63, 3.8) is 0 Å². The van der Waals surface area contributed by atoms with Crippen molar-refractivity contribution in [1.82, 2.24) is 4.98 Å². The van der Waals surface area contributed by atoms with Gasteiger partial charge in [0.05, 0.1) is 72.4 Å². The van der Waals surface area contributed by atoms with Crippen molar-refractivity contribution in [3.05, 3.63) is 119 Å². The zero-order valence-electron chi connectivity index (χ0n) is 46.9. The zero-order chi connectivity index (χ0) is 55.2. The Bertz CT molecular complexity index is 3050. The van der Waals surface area contributed by atoms with Crippen molar-refractivity contribution in [2.45, 2.75) is 154 Å². The summed E-state index contributed by atoms with van der Waals surface area (Å²) in [6.07, 6.45) is 5.15. The predicted molar refractivity (Wildman–Crippen MR) is 309 cm³/mol. The van der Waals surface area contributed by atoms with Crippen molar-refractivity contribution in [3.8, 4) is 23.0 Å². The lowest BCUT2D eigenvalue weighted by molar-refractivity contribution is -0.0441. The molecule has 3 N–H and O–H groups in total. The molecule has 9 rings (SSSR count). The highest BCUT2D eigenvalue weighted by Crippen LogP contribution is 2.44. The number of amides is 2. The van der Waals surface area contributed by atoms with Gasteiger partial charge in [-0.05, 0) is 122 Å². The second kappa shape index (κ2) is 21.5. The van der Waals surface area contributed by atoms with E-state index in [-0.39, 0.29) is 47.5 Å². The van der Waals surface area contributed by atoms with Crippen LogP contribution >= 0.6 is 12.6 Å². The van der Waals surface area contributed by atoms with Gasteiger partial charge in [-0.15, -0.1) is 0 Å². The van der Waals surface area contributed by atoms with Crippen LogP contribution in [-0.2, 0) is 35.5 Å². The number of ether oxygens (including phenoxy) is 6. The number of thiol groups is 1. The van der Waals surface area contributed by atoms with Crippen LogP contribution in [0.4, 0.5) is 28.4 Å². The predicted octanol–water partition coefficient (Wildman–Crippen LogP) is 11.3. The number of pyridine rings is 1. The Morgan fingerprint density at radius 2 is 1.23 bits per heavy atom. The molecule has 5 heterocycles. The molecular formula is C61H77N7O8S. The van der Waals surface area contributed by atoms with Gasteiger partial charge in [0.25, 0.3) is 11.8 Å². The molecule has 0 saturated carbocycles. The molecule has 0 radical (unpaired) electrons. The van der Waals surface area contributed by atoms with E-state index >= 15 is 0 Å². The molecule has 15 nitrogen and oxygen atoms in total. The van der Waals surface area contributed by atoms with Crippen LogP contribution in [0, 0.1) is 0 Å². The average molecular weight is 1070 g/mol. The minimum atomic E-state index is -0.896. The lowest BCUT2D eigenvalue weighted by Gasteiger charge is -2.51. The summed E-state index contributed by atoms with van der Waals surface area (Å²) in [6, 6.07) is 27.0. The number of para-hydroxylation sites is 2. The Morgan fingerprint density at radius 1 is 0.688 bits per heavy atom.